The predicted molar refractivity (Wildman–Crippen MR) is 76.1 cm³/mol. The molecule has 2 aromatic rings. The minimum absolute atomic E-state index is 0.506. The van der Waals surface area contributed by atoms with E-state index in [1.807, 2.05) is 19.2 Å². The van der Waals surface area contributed by atoms with Gasteiger partial charge in [0.2, 0.25) is 0 Å². The first-order chi connectivity index (χ1) is 8.29. The van der Waals surface area contributed by atoms with E-state index in [1.165, 1.54) is 11.1 Å². The first-order valence-corrected chi connectivity index (χ1v) is 7.03. The van der Waals surface area contributed by atoms with Gasteiger partial charge in [-0.1, -0.05) is 23.7 Å². The molecule has 1 nitrogen and oxygen atoms in total. The molecule has 0 amide bonds. The summed E-state index contributed by atoms with van der Waals surface area (Å²) in [5.41, 5.74) is 2.75. The quantitative estimate of drug-likeness (QED) is 0.863. The molecule has 1 aromatic carbocycles. The number of likely N-dealkylation sites (N-methyl/N-ethyl adjacent to an activating group) is 1. The van der Waals surface area contributed by atoms with Crippen molar-refractivity contribution in [1.29, 1.82) is 0 Å². The largest absolute Gasteiger partial charge is 0.319 e. The molecule has 90 valence electrons. The zero-order chi connectivity index (χ0) is 12.1. The number of rotatable bonds is 5. The molecule has 1 unspecified atom stereocenters. The van der Waals surface area contributed by atoms with Gasteiger partial charge in [0.05, 0.1) is 0 Å². The van der Waals surface area contributed by atoms with Crippen LogP contribution in [-0.4, -0.2) is 13.6 Å². The number of thiophene rings is 1. The topological polar surface area (TPSA) is 12.0 Å². The summed E-state index contributed by atoms with van der Waals surface area (Å²) in [5.74, 6) is 0.506. The average Bonchev–Trinajstić information content (AvgIpc) is 2.82. The third-order valence-corrected chi connectivity index (χ3v) is 3.84. The van der Waals surface area contributed by atoms with Crippen LogP contribution in [0.2, 0.25) is 5.02 Å². The van der Waals surface area contributed by atoms with Gasteiger partial charge in [0.25, 0.3) is 0 Å². The van der Waals surface area contributed by atoms with Crippen LogP contribution in [0.3, 0.4) is 0 Å². The zero-order valence-corrected chi connectivity index (χ0v) is 11.4. The number of hydrogen-bond acceptors (Lipinski definition) is 2. The minimum Gasteiger partial charge on any atom is -0.319 e. The van der Waals surface area contributed by atoms with Crippen molar-refractivity contribution in [2.45, 2.75) is 12.3 Å². The van der Waals surface area contributed by atoms with Crippen LogP contribution in [0.15, 0.2) is 41.1 Å². The van der Waals surface area contributed by atoms with Crippen molar-refractivity contribution in [3.63, 3.8) is 0 Å². The molecule has 0 saturated carbocycles. The van der Waals surface area contributed by atoms with Gasteiger partial charge in [0.15, 0.2) is 0 Å². The molecule has 0 bridgehead atoms. The molecular weight excluding hydrogens is 250 g/mol. The summed E-state index contributed by atoms with van der Waals surface area (Å²) >= 11 is 7.68. The highest BCUT2D eigenvalue weighted by Crippen LogP contribution is 2.23. The summed E-state index contributed by atoms with van der Waals surface area (Å²) in [6.07, 6.45) is 1.08. The lowest BCUT2D eigenvalue weighted by atomic mass is 9.93. The molecule has 1 aromatic heterocycles. The molecule has 0 fully saturated rings. The van der Waals surface area contributed by atoms with E-state index in [2.05, 4.69) is 34.3 Å². The molecule has 2 rings (SSSR count). The average molecular weight is 266 g/mol. The van der Waals surface area contributed by atoms with E-state index in [4.69, 9.17) is 11.6 Å². The molecule has 0 saturated heterocycles. The van der Waals surface area contributed by atoms with E-state index in [-0.39, 0.29) is 0 Å². The van der Waals surface area contributed by atoms with E-state index in [0.717, 1.165) is 18.0 Å². The molecule has 0 aliphatic rings. The van der Waals surface area contributed by atoms with Crippen LogP contribution in [0.5, 0.6) is 0 Å². The number of benzene rings is 1. The van der Waals surface area contributed by atoms with E-state index < -0.39 is 0 Å². The zero-order valence-electron chi connectivity index (χ0n) is 9.82. The van der Waals surface area contributed by atoms with Crippen LogP contribution in [0, 0.1) is 0 Å². The monoisotopic (exact) mass is 265 g/mol. The third-order valence-electron chi connectivity index (χ3n) is 2.85. The Labute approximate surface area is 111 Å². The van der Waals surface area contributed by atoms with Crippen molar-refractivity contribution in [3.05, 3.63) is 57.2 Å². The van der Waals surface area contributed by atoms with Gasteiger partial charge in [-0.2, -0.15) is 11.3 Å². The van der Waals surface area contributed by atoms with E-state index in [1.54, 1.807) is 11.3 Å². The Morgan fingerprint density at radius 1 is 1.24 bits per heavy atom. The molecular formula is C14H16ClNS. The summed E-state index contributed by atoms with van der Waals surface area (Å²) < 4.78 is 0. The molecule has 1 heterocycles. The maximum atomic E-state index is 5.92. The van der Waals surface area contributed by atoms with Crippen molar-refractivity contribution in [3.8, 4) is 0 Å². The second kappa shape index (κ2) is 6.20. The predicted octanol–water partition coefficient (Wildman–Crippen LogP) is 3.95. The van der Waals surface area contributed by atoms with Crippen molar-refractivity contribution in [2.24, 2.45) is 0 Å². The van der Waals surface area contributed by atoms with Gasteiger partial charge in [0, 0.05) is 17.5 Å². The van der Waals surface area contributed by atoms with E-state index in [9.17, 15) is 0 Å². The van der Waals surface area contributed by atoms with Crippen LogP contribution in [0.4, 0.5) is 0 Å². The van der Waals surface area contributed by atoms with Crippen LogP contribution in [0.1, 0.15) is 17.0 Å². The van der Waals surface area contributed by atoms with Crippen molar-refractivity contribution in [2.75, 3.05) is 13.6 Å². The Bertz CT molecular complexity index is 436. The molecule has 0 radical (unpaired) electrons. The number of nitrogens with one attached hydrogen (secondary N) is 1. The fourth-order valence-electron chi connectivity index (χ4n) is 1.98. The Balaban J connectivity index is 2.13. The Kier molecular flexibility index (Phi) is 4.60. The van der Waals surface area contributed by atoms with Crippen LogP contribution >= 0.6 is 22.9 Å². The first kappa shape index (κ1) is 12.6. The van der Waals surface area contributed by atoms with Crippen LogP contribution < -0.4 is 5.32 Å². The fourth-order valence-corrected chi connectivity index (χ4v) is 2.79. The van der Waals surface area contributed by atoms with Gasteiger partial charge in [-0.15, -0.1) is 0 Å². The van der Waals surface area contributed by atoms with Gasteiger partial charge < -0.3 is 5.32 Å². The molecule has 0 spiro atoms. The summed E-state index contributed by atoms with van der Waals surface area (Å²) in [6, 6.07) is 10.4. The van der Waals surface area contributed by atoms with Gasteiger partial charge >= 0.3 is 0 Å². The normalized spacial score (nSPS) is 12.6. The fraction of sp³-hybridized carbons (Fsp3) is 0.286. The van der Waals surface area contributed by atoms with Crippen molar-refractivity contribution in [1.82, 2.24) is 5.32 Å². The standard InChI is InChI=1S/C14H16ClNS/c1-16-9-13(8-11-6-7-17-10-11)12-2-4-14(15)5-3-12/h2-7,10,13,16H,8-9H2,1H3. The van der Waals surface area contributed by atoms with Crippen molar-refractivity contribution >= 4 is 22.9 Å². The Morgan fingerprint density at radius 3 is 2.59 bits per heavy atom. The van der Waals surface area contributed by atoms with Crippen molar-refractivity contribution < 1.29 is 0 Å². The lowest BCUT2D eigenvalue weighted by Gasteiger charge is -2.16. The lowest BCUT2D eigenvalue weighted by Crippen LogP contribution is -2.18. The molecule has 3 heteroatoms. The van der Waals surface area contributed by atoms with E-state index in [0.29, 0.717) is 5.92 Å². The van der Waals surface area contributed by atoms with Crippen LogP contribution in [0.25, 0.3) is 0 Å². The number of hydrogen-bond donors (Lipinski definition) is 1. The smallest absolute Gasteiger partial charge is 0.0406 e. The molecule has 1 atom stereocenters. The Morgan fingerprint density at radius 2 is 2.00 bits per heavy atom. The molecule has 17 heavy (non-hydrogen) atoms. The molecule has 0 aliphatic heterocycles. The lowest BCUT2D eigenvalue weighted by molar-refractivity contribution is 0.626. The third kappa shape index (κ3) is 3.56. The molecule has 1 N–H and O–H groups in total. The van der Waals surface area contributed by atoms with Crippen LogP contribution in [-0.2, 0) is 6.42 Å². The highest BCUT2D eigenvalue weighted by Gasteiger charge is 2.11. The first-order valence-electron chi connectivity index (χ1n) is 5.70. The van der Waals surface area contributed by atoms with E-state index >= 15 is 0 Å². The summed E-state index contributed by atoms with van der Waals surface area (Å²) in [6.45, 7) is 0.984. The van der Waals surface area contributed by atoms with Gasteiger partial charge in [-0.25, -0.2) is 0 Å². The minimum atomic E-state index is 0.506. The SMILES string of the molecule is CNCC(Cc1ccsc1)c1ccc(Cl)cc1. The number of halogens is 1. The summed E-state index contributed by atoms with van der Waals surface area (Å²) in [5, 5.41) is 8.42. The highest BCUT2D eigenvalue weighted by atomic mass is 35.5. The van der Waals surface area contributed by atoms with Gasteiger partial charge in [0.1, 0.15) is 0 Å². The van der Waals surface area contributed by atoms with Gasteiger partial charge in [-0.3, -0.25) is 0 Å². The second-order valence-corrected chi connectivity index (χ2v) is 5.36. The maximum absolute atomic E-state index is 5.92. The highest BCUT2D eigenvalue weighted by molar-refractivity contribution is 7.07. The Hall–Kier alpha value is -0.830. The maximum Gasteiger partial charge on any atom is 0.0406 e. The van der Waals surface area contributed by atoms with Gasteiger partial charge in [-0.05, 0) is 53.6 Å². The summed E-state index contributed by atoms with van der Waals surface area (Å²) in [7, 11) is 2.00. The second-order valence-electron chi connectivity index (χ2n) is 4.14. The molecule has 0 aliphatic carbocycles. The summed E-state index contributed by atoms with van der Waals surface area (Å²) in [4.78, 5) is 0.